The van der Waals surface area contributed by atoms with Crippen LogP contribution in [0.5, 0.6) is 0 Å². The van der Waals surface area contributed by atoms with E-state index in [0.717, 1.165) is 38.5 Å². The summed E-state index contributed by atoms with van der Waals surface area (Å²) in [5.41, 5.74) is -0.135. The van der Waals surface area contributed by atoms with Crippen molar-refractivity contribution < 1.29 is 19.5 Å². The van der Waals surface area contributed by atoms with Crippen LogP contribution < -0.4 is 0 Å². The maximum atomic E-state index is 13.2. The molecule has 4 rings (SSSR count). The summed E-state index contributed by atoms with van der Waals surface area (Å²) in [6.07, 6.45) is 9.00. The van der Waals surface area contributed by atoms with Gasteiger partial charge in [-0.2, -0.15) is 0 Å². The average molecular weight is 429 g/mol. The molecule has 0 radical (unpaired) electrons. The molecule has 0 spiro atoms. The van der Waals surface area contributed by atoms with Crippen molar-refractivity contribution in [3.05, 3.63) is 11.6 Å². The van der Waals surface area contributed by atoms with Crippen molar-refractivity contribution in [1.29, 1.82) is 0 Å². The molecule has 4 heteroatoms. The lowest BCUT2D eigenvalue weighted by Crippen LogP contribution is -2.56. The van der Waals surface area contributed by atoms with E-state index in [-0.39, 0.29) is 22.4 Å². The molecule has 0 aromatic rings. The summed E-state index contributed by atoms with van der Waals surface area (Å²) in [7, 11) is 0. The van der Waals surface area contributed by atoms with Crippen molar-refractivity contribution in [2.24, 2.45) is 45.3 Å². The number of carboxylic acids is 1. The Labute approximate surface area is 187 Å². The Morgan fingerprint density at radius 2 is 1.77 bits per heavy atom. The number of carbonyl (C=O) groups excluding carboxylic acids is 2. The zero-order chi connectivity index (χ0) is 23.0. The van der Waals surface area contributed by atoms with E-state index in [0.29, 0.717) is 36.5 Å². The molecule has 0 aromatic heterocycles. The molecule has 7 atom stereocenters. The van der Waals surface area contributed by atoms with Crippen LogP contribution in [-0.4, -0.2) is 22.6 Å². The summed E-state index contributed by atoms with van der Waals surface area (Å²) in [5.74, 6) is 1.64. The predicted octanol–water partition coefficient (Wildman–Crippen LogP) is 5.84. The standard InChI is InChI=1S/C27H40O4/c1-16-13-19-20(25(5)10-7-18(29)14-22(16)25)8-11-26(6)21(19)9-12-27(26,17(2)28)15-24(3,4)23(30)31/h14,16,19-21H,7-13,15H2,1-6H3,(H,30,31)/t16?,19-,20+,21+,25-,26+,27+/m1/s1. The highest BCUT2D eigenvalue weighted by Gasteiger charge is 2.67. The molecular weight excluding hydrogens is 388 g/mol. The van der Waals surface area contributed by atoms with Crippen LogP contribution in [0.3, 0.4) is 0 Å². The zero-order valence-corrected chi connectivity index (χ0v) is 20.2. The van der Waals surface area contributed by atoms with Gasteiger partial charge in [-0.3, -0.25) is 14.4 Å². The summed E-state index contributed by atoms with van der Waals surface area (Å²) in [6.45, 7) is 12.2. The minimum atomic E-state index is -0.911. The molecule has 1 N–H and O–H groups in total. The van der Waals surface area contributed by atoms with Crippen molar-refractivity contribution in [1.82, 2.24) is 0 Å². The van der Waals surface area contributed by atoms with Crippen LogP contribution in [0.1, 0.15) is 92.9 Å². The van der Waals surface area contributed by atoms with E-state index >= 15 is 0 Å². The number of ketones is 2. The number of carboxylic acid groups (broad SMARTS) is 1. The van der Waals surface area contributed by atoms with Crippen molar-refractivity contribution >= 4 is 17.5 Å². The molecule has 3 saturated carbocycles. The summed E-state index contributed by atoms with van der Waals surface area (Å²) in [4.78, 5) is 37.4. The van der Waals surface area contributed by atoms with Gasteiger partial charge in [-0.15, -0.1) is 0 Å². The topological polar surface area (TPSA) is 71.4 Å². The van der Waals surface area contributed by atoms with E-state index in [9.17, 15) is 19.5 Å². The predicted molar refractivity (Wildman–Crippen MR) is 120 cm³/mol. The third-order valence-corrected chi connectivity index (χ3v) is 10.6. The largest absolute Gasteiger partial charge is 0.481 e. The Morgan fingerprint density at radius 1 is 1.13 bits per heavy atom. The second kappa shape index (κ2) is 7.02. The molecule has 3 fully saturated rings. The number of Topliss-reactive ketones (excluding diaryl/α,β-unsaturated/α-hetero) is 1. The molecule has 0 bridgehead atoms. The molecule has 0 amide bonds. The number of aliphatic carboxylic acids is 1. The first-order valence-corrected chi connectivity index (χ1v) is 12.3. The Bertz CT molecular complexity index is 853. The third kappa shape index (κ3) is 3.03. The molecule has 172 valence electrons. The van der Waals surface area contributed by atoms with E-state index in [1.54, 1.807) is 20.8 Å². The third-order valence-electron chi connectivity index (χ3n) is 10.6. The second-order valence-corrected chi connectivity index (χ2v) is 12.5. The highest BCUT2D eigenvalue weighted by Crippen LogP contribution is 2.72. The maximum absolute atomic E-state index is 13.2. The summed E-state index contributed by atoms with van der Waals surface area (Å²) in [6, 6.07) is 0. The fraction of sp³-hybridized carbons (Fsp3) is 0.815. The first-order chi connectivity index (χ1) is 14.3. The molecule has 0 aliphatic heterocycles. The van der Waals surface area contributed by atoms with Gasteiger partial charge in [-0.1, -0.05) is 26.3 Å². The molecule has 31 heavy (non-hydrogen) atoms. The van der Waals surface area contributed by atoms with Crippen molar-refractivity contribution in [2.75, 3.05) is 0 Å². The van der Waals surface area contributed by atoms with Gasteiger partial charge in [0.2, 0.25) is 0 Å². The zero-order valence-electron chi connectivity index (χ0n) is 20.2. The quantitative estimate of drug-likeness (QED) is 0.610. The lowest BCUT2D eigenvalue weighted by atomic mass is 9.43. The van der Waals surface area contributed by atoms with Gasteiger partial charge in [0, 0.05) is 11.8 Å². The van der Waals surface area contributed by atoms with Gasteiger partial charge in [0.05, 0.1) is 5.41 Å². The van der Waals surface area contributed by atoms with Gasteiger partial charge < -0.3 is 5.11 Å². The first-order valence-electron chi connectivity index (χ1n) is 12.3. The number of fused-ring (bicyclic) bond motifs is 5. The summed E-state index contributed by atoms with van der Waals surface area (Å²) < 4.78 is 0. The lowest BCUT2D eigenvalue weighted by molar-refractivity contribution is -0.157. The molecule has 4 aliphatic rings. The fourth-order valence-corrected chi connectivity index (χ4v) is 8.94. The van der Waals surface area contributed by atoms with E-state index in [1.807, 2.05) is 6.08 Å². The van der Waals surface area contributed by atoms with E-state index in [4.69, 9.17) is 0 Å². The van der Waals surface area contributed by atoms with Crippen LogP contribution in [0.2, 0.25) is 0 Å². The number of hydrogen-bond donors (Lipinski definition) is 1. The van der Waals surface area contributed by atoms with Gasteiger partial charge in [-0.25, -0.2) is 0 Å². The second-order valence-electron chi connectivity index (χ2n) is 12.5. The smallest absolute Gasteiger partial charge is 0.309 e. The van der Waals surface area contributed by atoms with Gasteiger partial charge >= 0.3 is 5.97 Å². The van der Waals surface area contributed by atoms with E-state index in [2.05, 4.69) is 20.8 Å². The first kappa shape index (κ1) is 22.7. The van der Waals surface area contributed by atoms with Crippen LogP contribution in [0.25, 0.3) is 0 Å². The van der Waals surface area contributed by atoms with E-state index < -0.39 is 16.8 Å². The normalized spacial score (nSPS) is 44.7. The molecule has 0 aromatic carbocycles. The number of allylic oxidation sites excluding steroid dienone is 1. The molecule has 0 saturated heterocycles. The SMILES string of the molecule is CC(=O)[C@@]1(CC(C)(C)C(=O)O)CC[C@H]2[C@@H]3CC(C)C4=CC(=O)CC[C@]4(C)[C@H]3CC[C@@]21C. The van der Waals surface area contributed by atoms with Crippen LogP contribution in [0, 0.1) is 45.3 Å². The highest BCUT2D eigenvalue weighted by molar-refractivity contribution is 5.91. The average Bonchev–Trinajstić information content (AvgIpc) is 2.96. The van der Waals surface area contributed by atoms with Crippen LogP contribution in [0.15, 0.2) is 11.6 Å². The molecule has 4 nitrogen and oxygen atoms in total. The van der Waals surface area contributed by atoms with Crippen molar-refractivity contribution in [3.63, 3.8) is 0 Å². The maximum Gasteiger partial charge on any atom is 0.309 e. The Balaban J connectivity index is 1.73. The van der Waals surface area contributed by atoms with Crippen LogP contribution in [0.4, 0.5) is 0 Å². The van der Waals surface area contributed by atoms with Gasteiger partial charge in [0.25, 0.3) is 0 Å². The Kier molecular flexibility index (Phi) is 5.15. The Morgan fingerprint density at radius 3 is 2.39 bits per heavy atom. The van der Waals surface area contributed by atoms with Crippen molar-refractivity contribution in [3.8, 4) is 0 Å². The van der Waals surface area contributed by atoms with Gasteiger partial charge in [-0.05, 0) is 106 Å². The number of rotatable bonds is 4. The van der Waals surface area contributed by atoms with Gasteiger partial charge in [0.15, 0.2) is 5.78 Å². The molecule has 4 aliphatic carbocycles. The summed E-state index contributed by atoms with van der Waals surface area (Å²) in [5, 5.41) is 9.84. The van der Waals surface area contributed by atoms with E-state index in [1.165, 1.54) is 5.57 Å². The molecular formula is C27H40O4. The lowest BCUT2D eigenvalue weighted by Gasteiger charge is -2.61. The van der Waals surface area contributed by atoms with Gasteiger partial charge in [0.1, 0.15) is 5.78 Å². The van der Waals surface area contributed by atoms with Crippen LogP contribution in [-0.2, 0) is 14.4 Å². The fourth-order valence-electron chi connectivity index (χ4n) is 8.94. The Hall–Kier alpha value is -1.45. The molecule has 0 heterocycles. The number of carbonyl (C=O) groups is 3. The molecule has 1 unspecified atom stereocenters. The minimum absolute atomic E-state index is 0.0966. The number of hydrogen-bond acceptors (Lipinski definition) is 3. The summed E-state index contributed by atoms with van der Waals surface area (Å²) >= 11 is 0. The minimum Gasteiger partial charge on any atom is -0.481 e. The van der Waals surface area contributed by atoms with Crippen molar-refractivity contribution in [2.45, 2.75) is 92.9 Å². The van der Waals surface area contributed by atoms with Crippen LogP contribution >= 0.6 is 0 Å². The monoisotopic (exact) mass is 428 g/mol. The highest BCUT2D eigenvalue weighted by atomic mass is 16.4.